The average molecular weight is 252 g/mol. The maximum absolute atomic E-state index is 10.7. The number of rotatable bonds is 7. The summed E-state index contributed by atoms with van der Waals surface area (Å²) in [5, 5.41) is 23.0. The summed E-state index contributed by atoms with van der Waals surface area (Å²) in [6.07, 6.45) is 1.52. The fraction of sp³-hybridized carbons (Fsp3) is 0.538. The van der Waals surface area contributed by atoms with Crippen LogP contribution in [0.5, 0.6) is 0 Å². The number of benzene rings is 1. The maximum atomic E-state index is 10.7. The van der Waals surface area contributed by atoms with Gasteiger partial charge in [-0.3, -0.25) is 10.1 Å². The number of nitro groups is 1. The SMILES string of the molecule is CCC(NC(C)CCO)c1cccc([N+](=O)[O-])c1. The Bertz CT molecular complexity index is 396. The summed E-state index contributed by atoms with van der Waals surface area (Å²) >= 11 is 0. The molecule has 0 spiro atoms. The molecule has 2 N–H and O–H groups in total. The molecular formula is C13H20N2O3. The zero-order valence-corrected chi connectivity index (χ0v) is 10.8. The highest BCUT2D eigenvalue weighted by Gasteiger charge is 2.15. The van der Waals surface area contributed by atoms with Gasteiger partial charge in [-0.05, 0) is 25.3 Å². The molecule has 5 nitrogen and oxygen atoms in total. The van der Waals surface area contributed by atoms with Crippen LogP contribution in [-0.4, -0.2) is 22.7 Å². The third-order valence-corrected chi connectivity index (χ3v) is 2.94. The number of aliphatic hydroxyl groups is 1. The van der Waals surface area contributed by atoms with E-state index in [0.29, 0.717) is 6.42 Å². The summed E-state index contributed by atoms with van der Waals surface area (Å²) in [6.45, 7) is 4.16. The second-order valence-electron chi connectivity index (χ2n) is 4.39. The molecule has 1 aromatic carbocycles. The van der Waals surface area contributed by atoms with Crippen LogP contribution in [0.3, 0.4) is 0 Å². The molecule has 0 amide bonds. The van der Waals surface area contributed by atoms with Crippen molar-refractivity contribution in [2.45, 2.75) is 38.8 Å². The molecule has 0 heterocycles. The van der Waals surface area contributed by atoms with Crippen LogP contribution in [0.15, 0.2) is 24.3 Å². The number of nitrogens with zero attached hydrogens (tertiary/aromatic N) is 1. The molecule has 0 aliphatic heterocycles. The maximum Gasteiger partial charge on any atom is 0.269 e. The fourth-order valence-electron chi connectivity index (χ4n) is 1.93. The third kappa shape index (κ3) is 4.09. The molecule has 0 radical (unpaired) electrons. The van der Waals surface area contributed by atoms with Gasteiger partial charge in [0.1, 0.15) is 0 Å². The Balaban J connectivity index is 2.81. The second-order valence-corrected chi connectivity index (χ2v) is 4.39. The van der Waals surface area contributed by atoms with Gasteiger partial charge in [-0.2, -0.15) is 0 Å². The highest BCUT2D eigenvalue weighted by molar-refractivity contribution is 5.35. The summed E-state index contributed by atoms with van der Waals surface area (Å²) in [6, 6.07) is 6.94. The van der Waals surface area contributed by atoms with E-state index in [9.17, 15) is 10.1 Å². The molecule has 0 aliphatic rings. The van der Waals surface area contributed by atoms with Crippen molar-refractivity contribution < 1.29 is 10.0 Å². The van der Waals surface area contributed by atoms with Gasteiger partial charge in [-0.15, -0.1) is 0 Å². The Morgan fingerprint density at radius 1 is 1.50 bits per heavy atom. The molecule has 1 rings (SSSR count). The van der Waals surface area contributed by atoms with Gasteiger partial charge in [-0.25, -0.2) is 0 Å². The van der Waals surface area contributed by atoms with E-state index in [-0.39, 0.29) is 29.3 Å². The Kier molecular flexibility index (Phi) is 5.74. The van der Waals surface area contributed by atoms with Crippen LogP contribution in [0.25, 0.3) is 0 Å². The van der Waals surface area contributed by atoms with E-state index in [0.717, 1.165) is 12.0 Å². The van der Waals surface area contributed by atoms with Gasteiger partial charge in [0.2, 0.25) is 0 Å². The average Bonchev–Trinajstić information content (AvgIpc) is 2.36. The largest absolute Gasteiger partial charge is 0.396 e. The van der Waals surface area contributed by atoms with Gasteiger partial charge in [0.05, 0.1) is 4.92 Å². The summed E-state index contributed by atoms with van der Waals surface area (Å²) in [7, 11) is 0. The van der Waals surface area contributed by atoms with Crippen LogP contribution in [0.1, 0.15) is 38.3 Å². The van der Waals surface area contributed by atoms with Crippen LogP contribution in [0, 0.1) is 10.1 Å². The lowest BCUT2D eigenvalue weighted by Crippen LogP contribution is -2.31. The van der Waals surface area contributed by atoms with Gasteiger partial charge in [0, 0.05) is 30.8 Å². The Hall–Kier alpha value is -1.46. The highest BCUT2D eigenvalue weighted by Crippen LogP contribution is 2.22. The highest BCUT2D eigenvalue weighted by atomic mass is 16.6. The molecule has 0 saturated carbocycles. The summed E-state index contributed by atoms with van der Waals surface area (Å²) in [5.41, 5.74) is 1.03. The van der Waals surface area contributed by atoms with E-state index in [2.05, 4.69) is 5.32 Å². The zero-order chi connectivity index (χ0) is 13.5. The Morgan fingerprint density at radius 3 is 2.78 bits per heavy atom. The van der Waals surface area contributed by atoms with E-state index in [1.54, 1.807) is 12.1 Å². The molecule has 2 atom stereocenters. The smallest absolute Gasteiger partial charge is 0.269 e. The minimum Gasteiger partial charge on any atom is -0.396 e. The minimum atomic E-state index is -0.382. The summed E-state index contributed by atoms with van der Waals surface area (Å²) < 4.78 is 0. The number of nitrogens with one attached hydrogen (secondary N) is 1. The molecule has 0 aliphatic carbocycles. The topological polar surface area (TPSA) is 75.4 Å². The third-order valence-electron chi connectivity index (χ3n) is 2.94. The molecular weight excluding hydrogens is 232 g/mol. The van der Waals surface area contributed by atoms with Crippen molar-refractivity contribution in [2.24, 2.45) is 0 Å². The minimum absolute atomic E-state index is 0.0754. The lowest BCUT2D eigenvalue weighted by atomic mass is 10.0. The second kappa shape index (κ2) is 7.08. The van der Waals surface area contributed by atoms with Crippen molar-refractivity contribution in [1.29, 1.82) is 0 Å². The molecule has 100 valence electrons. The molecule has 0 fully saturated rings. The summed E-state index contributed by atoms with van der Waals surface area (Å²) in [5.74, 6) is 0. The van der Waals surface area contributed by atoms with Gasteiger partial charge in [0.15, 0.2) is 0 Å². The van der Waals surface area contributed by atoms with E-state index in [1.807, 2.05) is 19.9 Å². The molecule has 18 heavy (non-hydrogen) atoms. The Labute approximate surface area is 107 Å². The molecule has 2 unspecified atom stereocenters. The molecule has 1 aromatic rings. The van der Waals surface area contributed by atoms with E-state index in [4.69, 9.17) is 5.11 Å². The first-order valence-electron chi connectivity index (χ1n) is 6.19. The van der Waals surface area contributed by atoms with Crippen LogP contribution < -0.4 is 5.32 Å². The first-order chi connectivity index (χ1) is 8.58. The van der Waals surface area contributed by atoms with Crippen molar-refractivity contribution in [3.63, 3.8) is 0 Å². The number of hydrogen-bond acceptors (Lipinski definition) is 4. The lowest BCUT2D eigenvalue weighted by molar-refractivity contribution is -0.384. The van der Waals surface area contributed by atoms with Crippen molar-refractivity contribution in [1.82, 2.24) is 5.32 Å². The van der Waals surface area contributed by atoms with Crippen LogP contribution in [0.4, 0.5) is 5.69 Å². The monoisotopic (exact) mass is 252 g/mol. The predicted molar refractivity (Wildman–Crippen MR) is 70.4 cm³/mol. The van der Waals surface area contributed by atoms with Gasteiger partial charge in [-0.1, -0.05) is 19.1 Å². The van der Waals surface area contributed by atoms with Crippen molar-refractivity contribution in [3.05, 3.63) is 39.9 Å². The standard InChI is InChI=1S/C13H20N2O3/c1-3-13(14-10(2)7-8-16)11-5-4-6-12(9-11)15(17)18/h4-6,9-10,13-14,16H,3,7-8H2,1-2H3. The van der Waals surface area contributed by atoms with E-state index >= 15 is 0 Å². The Morgan fingerprint density at radius 2 is 2.22 bits per heavy atom. The molecule has 0 bridgehead atoms. The zero-order valence-electron chi connectivity index (χ0n) is 10.8. The first kappa shape index (κ1) is 14.6. The van der Waals surface area contributed by atoms with E-state index in [1.165, 1.54) is 6.07 Å². The first-order valence-corrected chi connectivity index (χ1v) is 6.19. The molecule has 0 aromatic heterocycles. The molecule has 5 heteroatoms. The van der Waals surface area contributed by atoms with Crippen molar-refractivity contribution >= 4 is 5.69 Å². The lowest BCUT2D eigenvalue weighted by Gasteiger charge is -2.22. The van der Waals surface area contributed by atoms with Crippen LogP contribution in [-0.2, 0) is 0 Å². The van der Waals surface area contributed by atoms with Gasteiger partial charge < -0.3 is 10.4 Å². The van der Waals surface area contributed by atoms with Gasteiger partial charge in [0.25, 0.3) is 5.69 Å². The van der Waals surface area contributed by atoms with Crippen molar-refractivity contribution in [3.8, 4) is 0 Å². The van der Waals surface area contributed by atoms with Crippen LogP contribution in [0.2, 0.25) is 0 Å². The summed E-state index contributed by atoms with van der Waals surface area (Å²) in [4.78, 5) is 10.4. The number of non-ortho nitro benzene ring substituents is 1. The van der Waals surface area contributed by atoms with E-state index < -0.39 is 0 Å². The normalized spacial score (nSPS) is 14.2. The fourth-order valence-corrected chi connectivity index (χ4v) is 1.93. The number of aliphatic hydroxyl groups excluding tert-OH is 1. The van der Waals surface area contributed by atoms with Gasteiger partial charge >= 0.3 is 0 Å². The molecule has 0 saturated heterocycles. The van der Waals surface area contributed by atoms with Crippen molar-refractivity contribution in [2.75, 3.05) is 6.61 Å². The number of nitro benzene ring substituents is 1. The quantitative estimate of drug-likeness (QED) is 0.577. The number of hydrogen-bond donors (Lipinski definition) is 2. The van der Waals surface area contributed by atoms with Crippen LogP contribution >= 0.6 is 0 Å². The predicted octanol–water partition coefficient (Wildman–Crippen LogP) is 2.41.